The smallest absolute Gasteiger partial charge is 0.311 e. The average molecular weight is 394 g/mol. The van der Waals surface area contributed by atoms with E-state index in [-0.39, 0.29) is 0 Å². The lowest BCUT2D eigenvalue weighted by Crippen LogP contribution is -2.14. The molecule has 1 unspecified atom stereocenters. The van der Waals surface area contributed by atoms with Gasteiger partial charge >= 0.3 is 5.97 Å². The molecule has 0 aromatic heterocycles. The van der Waals surface area contributed by atoms with Crippen molar-refractivity contribution in [2.75, 3.05) is 0 Å². The van der Waals surface area contributed by atoms with Crippen molar-refractivity contribution in [2.24, 2.45) is 0 Å². The van der Waals surface area contributed by atoms with E-state index in [0.717, 1.165) is 28.0 Å². The number of carboxylic acid groups (broad SMARTS) is 1. The van der Waals surface area contributed by atoms with Gasteiger partial charge in [0, 0.05) is 5.56 Å². The Balaban J connectivity index is 1.52. The van der Waals surface area contributed by atoms with Gasteiger partial charge in [0.25, 0.3) is 0 Å². The second-order valence-electron chi connectivity index (χ2n) is 7.11. The Labute approximate surface area is 176 Å². The van der Waals surface area contributed by atoms with Gasteiger partial charge in [-0.05, 0) is 41.3 Å². The van der Waals surface area contributed by atoms with Gasteiger partial charge in [-0.25, -0.2) is 0 Å². The molecule has 30 heavy (non-hydrogen) atoms. The zero-order chi connectivity index (χ0) is 20.8. The van der Waals surface area contributed by atoms with Crippen LogP contribution in [0.5, 0.6) is 11.5 Å². The Bertz CT molecular complexity index is 1100. The van der Waals surface area contributed by atoms with Crippen molar-refractivity contribution < 1.29 is 14.6 Å². The maximum atomic E-state index is 11.8. The SMILES string of the molecule is O=C(O)C(Cc1ccc(Oc2ccccc2-c2ccccc2)cc1)c1ccccc1. The van der Waals surface area contributed by atoms with E-state index in [1.54, 1.807) is 0 Å². The Hall–Kier alpha value is -3.85. The number of ether oxygens (including phenoxy) is 1. The first-order valence-corrected chi connectivity index (χ1v) is 9.90. The van der Waals surface area contributed by atoms with Crippen LogP contribution in [0.15, 0.2) is 109 Å². The van der Waals surface area contributed by atoms with Gasteiger partial charge in [0.15, 0.2) is 0 Å². The van der Waals surface area contributed by atoms with Crippen molar-refractivity contribution in [2.45, 2.75) is 12.3 Å². The van der Waals surface area contributed by atoms with Crippen LogP contribution in [-0.4, -0.2) is 11.1 Å². The monoisotopic (exact) mass is 394 g/mol. The number of rotatable bonds is 7. The van der Waals surface area contributed by atoms with E-state index in [2.05, 4.69) is 12.1 Å². The summed E-state index contributed by atoms with van der Waals surface area (Å²) in [6.45, 7) is 0. The molecule has 0 amide bonds. The van der Waals surface area contributed by atoms with Gasteiger partial charge in [-0.1, -0.05) is 91.0 Å². The average Bonchev–Trinajstić information content (AvgIpc) is 2.80. The molecule has 0 heterocycles. The van der Waals surface area contributed by atoms with E-state index in [0.29, 0.717) is 12.2 Å². The summed E-state index contributed by atoms with van der Waals surface area (Å²) < 4.78 is 6.14. The fourth-order valence-electron chi connectivity index (χ4n) is 3.50. The maximum Gasteiger partial charge on any atom is 0.311 e. The Morgan fingerprint density at radius 2 is 1.33 bits per heavy atom. The number of hydrogen-bond donors (Lipinski definition) is 1. The molecule has 4 aromatic rings. The van der Waals surface area contributed by atoms with Crippen LogP contribution >= 0.6 is 0 Å². The lowest BCUT2D eigenvalue weighted by atomic mass is 9.92. The van der Waals surface area contributed by atoms with Crippen molar-refractivity contribution >= 4 is 5.97 Å². The van der Waals surface area contributed by atoms with Crippen molar-refractivity contribution in [1.82, 2.24) is 0 Å². The molecule has 3 nitrogen and oxygen atoms in total. The molecule has 0 radical (unpaired) electrons. The zero-order valence-electron chi connectivity index (χ0n) is 16.4. The number of carboxylic acids is 1. The molecule has 0 aliphatic rings. The van der Waals surface area contributed by atoms with Crippen molar-refractivity contribution in [3.8, 4) is 22.6 Å². The molecule has 0 fully saturated rings. The van der Waals surface area contributed by atoms with Crippen molar-refractivity contribution in [3.63, 3.8) is 0 Å². The highest BCUT2D eigenvalue weighted by atomic mass is 16.5. The number of aliphatic carboxylic acids is 1. The standard InChI is InChI=1S/C27H22O3/c28-27(29)25(22-11-5-2-6-12-22)19-20-15-17-23(18-16-20)30-26-14-8-7-13-24(26)21-9-3-1-4-10-21/h1-18,25H,19H2,(H,28,29). The van der Waals surface area contributed by atoms with Gasteiger partial charge < -0.3 is 9.84 Å². The molecule has 0 spiro atoms. The summed E-state index contributed by atoms with van der Waals surface area (Å²) in [5.74, 6) is 0.105. The lowest BCUT2D eigenvalue weighted by Gasteiger charge is -2.14. The molecule has 148 valence electrons. The first-order chi connectivity index (χ1) is 14.7. The fraction of sp³-hybridized carbons (Fsp3) is 0.0741. The van der Waals surface area contributed by atoms with Gasteiger partial charge in [-0.15, -0.1) is 0 Å². The second kappa shape index (κ2) is 9.10. The molecule has 4 rings (SSSR count). The summed E-state index contributed by atoms with van der Waals surface area (Å²) in [5, 5.41) is 9.65. The highest BCUT2D eigenvalue weighted by Gasteiger charge is 2.20. The van der Waals surface area contributed by atoms with Gasteiger partial charge in [-0.3, -0.25) is 4.79 Å². The zero-order valence-corrected chi connectivity index (χ0v) is 16.4. The summed E-state index contributed by atoms with van der Waals surface area (Å²) in [5.41, 5.74) is 3.88. The van der Waals surface area contributed by atoms with Crippen LogP contribution in [0.3, 0.4) is 0 Å². The number of carbonyl (C=O) groups is 1. The summed E-state index contributed by atoms with van der Waals surface area (Å²) in [6.07, 6.45) is 0.431. The Morgan fingerprint density at radius 1 is 0.733 bits per heavy atom. The lowest BCUT2D eigenvalue weighted by molar-refractivity contribution is -0.138. The molecule has 4 aromatic carbocycles. The van der Waals surface area contributed by atoms with E-state index >= 15 is 0 Å². The van der Waals surface area contributed by atoms with Crippen LogP contribution in [0.1, 0.15) is 17.0 Å². The highest BCUT2D eigenvalue weighted by molar-refractivity contribution is 5.76. The summed E-state index contributed by atoms with van der Waals surface area (Å²) in [7, 11) is 0. The van der Waals surface area contributed by atoms with Gasteiger partial charge in [-0.2, -0.15) is 0 Å². The fourth-order valence-corrected chi connectivity index (χ4v) is 3.50. The molecular formula is C27H22O3. The van der Waals surface area contributed by atoms with Crippen LogP contribution in [0, 0.1) is 0 Å². The van der Waals surface area contributed by atoms with Gasteiger partial charge in [0.05, 0.1) is 5.92 Å². The van der Waals surface area contributed by atoms with E-state index in [4.69, 9.17) is 4.74 Å². The normalized spacial score (nSPS) is 11.6. The third-order valence-corrected chi connectivity index (χ3v) is 5.06. The van der Waals surface area contributed by atoms with E-state index in [1.807, 2.05) is 97.1 Å². The summed E-state index contributed by atoms with van der Waals surface area (Å²) in [6, 6.07) is 35.0. The molecule has 0 aliphatic carbocycles. The Morgan fingerprint density at radius 3 is 2.00 bits per heavy atom. The number of hydrogen-bond acceptors (Lipinski definition) is 2. The number of benzene rings is 4. The van der Waals surface area contributed by atoms with Crippen molar-refractivity contribution in [3.05, 3.63) is 120 Å². The van der Waals surface area contributed by atoms with Crippen LogP contribution < -0.4 is 4.74 Å². The van der Waals surface area contributed by atoms with Crippen molar-refractivity contribution in [1.29, 1.82) is 0 Å². The van der Waals surface area contributed by atoms with Gasteiger partial charge in [0.2, 0.25) is 0 Å². The third-order valence-electron chi connectivity index (χ3n) is 5.06. The highest BCUT2D eigenvalue weighted by Crippen LogP contribution is 2.33. The van der Waals surface area contributed by atoms with Crippen LogP contribution in [0.2, 0.25) is 0 Å². The molecule has 0 saturated carbocycles. The quantitative estimate of drug-likeness (QED) is 0.386. The Kier molecular flexibility index (Phi) is 5.90. The van der Waals surface area contributed by atoms with Crippen LogP contribution in [0.4, 0.5) is 0 Å². The first-order valence-electron chi connectivity index (χ1n) is 9.90. The van der Waals surface area contributed by atoms with Gasteiger partial charge in [0.1, 0.15) is 11.5 Å². The number of para-hydroxylation sites is 1. The molecule has 3 heteroatoms. The topological polar surface area (TPSA) is 46.5 Å². The first kappa shape index (κ1) is 19.5. The molecule has 0 saturated heterocycles. The minimum absolute atomic E-state index is 0.431. The summed E-state index contributed by atoms with van der Waals surface area (Å²) >= 11 is 0. The molecule has 1 N–H and O–H groups in total. The van der Waals surface area contributed by atoms with Crippen LogP contribution in [-0.2, 0) is 11.2 Å². The second-order valence-corrected chi connectivity index (χ2v) is 7.11. The largest absolute Gasteiger partial charge is 0.481 e. The minimum Gasteiger partial charge on any atom is -0.481 e. The van der Waals surface area contributed by atoms with E-state index in [1.165, 1.54) is 0 Å². The maximum absolute atomic E-state index is 11.8. The molecular weight excluding hydrogens is 372 g/mol. The predicted octanol–water partition coefficient (Wildman–Crippen LogP) is 6.56. The van der Waals surface area contributed by atoms with E-state index in [9.17, 15) is 9.90 Å². The predicted molar refractivity (Wildman–Crippen MR) is 119 cm³/mol. The van der Waals surface area contributed by atoms with Crippen LogP contribution in [0.25, 0.3) is 11.1 Å². The molecule has 1 atom stereocenters. The molecule has 0 aliphatic heterocycles. The third kappa shape index (κ3) is 4.58. The minimum atomic E-state index is -0.821. The molecule has 0 bridgehead atoms. The summed E-state index contributed by atoms with van der Waals surface area (Å²) in [4.78, 5) is 11.8. The van der Waals surface area contributed by atoms with E-state index < -0.39 is 11.9 Å².